The van der Waals surface area contributed by atoms with Crippen LogP contribution in [0.5, 0.6) is 0 Å². The lowest BCUT2D eigenvalue weighted by Gasteiger charge is -2.03. The summed E-state index contributed by atoms with van der Waals surface area (Å²) in [5.74, 6) is -0.269. The molecule has 2 aromatic carbocycles. The number of carbonyl (C=O) groups is 1. The summed E-state index contributed by atoms with van der Waals surface area (Å²) in [6, 6.07) is 9.71. The average molecular weight is 446 g/mol. The number of nitrogens with one attached hydrogen (secondary N) is 2. The number of amidine groups is 1. The molecular formula is C15H12Cl5N2OS+. The number of thioether (sulfide) groups is 1. The fourth-order valence-corrected chi connectivity index (χ4v) is 2.78. The van der Waals surface area contributed by atoms with E-state index in [4.69, 9.17) is 46.4 Å². The number of hydrogen-bond donors (Lipinski definition) is 2. The van der Waals surface area contributed by atoms with Crippen LogP contribution in [0.15, 0.2) is 36.4 Å². The molecule has 0 unspecified atom stereocenters. The van der Waals surface area contributed by atoms with Crippen molar-refractivity contribution in [2.75, 3.05) is 6.26 Å². The summed E-state index contributed by atoms with van der Waals surface area (Å²) >= 11 is 25.1. The molecule has 1 amide bonds. The molecule has 3 nitrogen and oxygen atoms in total. The number of hydrogen-bond acceptors (Lipinski definition) is 2. The van der Waals surface area contributed by atoms with Crippen LogP contribution in [0, 0.1) is 0 Å². The largest absolute Gasteiger partial charge is 0.339 e. The highest BCUT2D eigenvalue weighted by molar-refractivity contribution is 8.13. The summed E-state index contributed by atoms with van der Waals surface area (Å²) in [4.78, 5) is 15.2. The molecule has 0 heterocycles. The predicted octanol–water partition coefficient (Wildman–Crippen LogP) is 4.58. The molecule has 2 N–H and O–H groups in total. The van der Waals surface area contributed by atoms with Gasteiger partial charge in [-0.1, -0.05) is 46.4 Å². The summed E-state index contributed by atoms with van der Waals surface area (Å²) in [6.45, 7) is 0. The van der Waals surface area contributed by atoms with Crippen molar-refractivity contribution < 1.29 is 9.79 Å². The van der Waals surface area contributed by atoms with Crippen molar-refractivity contribution in [3.63, 3.8) is 0 Å². The monoisotopic (exact) mass is 443 g/mol. The minimum Gasteiger partial charge on any atom is -0.241 e. The van der Waals surface area contributed by atoms with Crippen molar-refractivity contribution in [1.29, 1.82) is 0 Å². The number of carbonyl (C=O) groups excluding carboxylic acids is 1. The summed E-state index contributed by atoms with van der Waals surface area (Å²) in [6.07, 6.45) is 1.82. The maximum atomic E-state index is 12.2. The zero-order valence-electron chi connectivity index (χ0n) is 12.2. The predicted molar refractivity (Wildman–Crippen MR) is 107 cm³/mol. The Kier molecular flexibility index (Phi) is 8.71. The second kappa shape index (κ2) is 9.76. The van der Waals surface area contributed by atoms with E-state index in [1.165, 1.54) is 17.8 Å². The Bertz CT molecular complexity index is 765. The third kappa shape index (κ3) is 5.73. The van der Waals surface area contributed by atoms with Gasteiger partial charge < -0.3 is 0 Å². The Morgan fingerprint density at radius 2 is 1.58 bits per heavy atom. The van der Waals surface area contributed by atoms with E-state index in [2.05, 4.69) is 10.3 Å². The fourth-order valence-electron chi connectivity index (χ4n) is 1.65. The summed E-state index contributed by atoms with van der Waals surface area (Å²) in [5.41, 5.74) is 1.03. The highest BCUT2D eigenvalue weighted by Gasteiger charge is 2.16. The molecule has 0 saturated carbocycles. The molecule has 24 heavy (non-hydrogen) atoms. The maximum absolute atomic E-state index is 12.2. The van der Waals surface area contributed by atoms with E-state index in [1.54, 1.807) is 30.3 Å². The van der Waals surface area contributed by atoms with Gasteiger partial charge in [0, 0.05) is 11.1 Å². The fraction of sp³-hybridized carbons (Fsp3) is 0.0667. The third-order valence-electron chi connectivity index (χ3n) is 2.80. The molecule has 0 aliphatic rings. The normalized spacial score (nSPS) is 11.0. The van der Waals surface area contributed by atoms with Gasteiger partial charge in [0.15, 0.2) is 0 Å². The van der Waals surface area contributed by atoms with Crippen molar-refractivity contribution in [2.24, 2.45) is 0 Å². The lowest BCUT2D eigenvalue weighted by molar-refractivity contribution is -0.351. The molecule has 0 aliphatic carbocycles. The molecule has 9 heteroatoms. The van der Waals surface area contributed by atoms with Crippen LogP contribution < -0.4 is 10.3 Å². The number of rotatable bonds is 2. The van der Waals surface area contributed by atoms with Crippen molar-refractivity contribution in [1.82, 2.24) is 5.32 Å². The van der Waals surface area contributed by atoms with Crippen molar-refractivity contribution in [3.8, 4) is 0 Å². The van der Waals surface area contributed by atoms with E-state index in [9.17, 15) is 4.79 Å². The minimum absolute atomic E-state index is 0. The van der Waals surface area contributed by atoms with Gasteiger partial charge in [-0.05, 0) is 48.3 Å². The SMILES string of the molecule is CSC(NC(=O)c1ccc(Cl)cc1)=[NH+]c1cc(Cl)c(Cl)cc1Cl.Cl. The topological polar surface area (TPSA) is 43.1 Å². The van der Waals surface area contributed by atoms with Gasteiger partial charge in [0.1, 0.15) is 5.69 Å². The van der Waals surface area contributed by atoms with Gasteiger partial charge in [-0.25, -0.2) is 15.1 Å². The Morgan fingerprint density at radius 3 is 2.17 bits per heavy atom. The first-order chi connectivity index (χ1) is 10.9. The maximum Gasteiger partial charge on any atom is 0.339 e. The number of benzene rings is 2. The molecule has 0 fully saturated rings. The Morgan fingerprint density at radius 1 is 1.00 bits per heavy atom. The molecule has 2 aromatic rings. The van der Waals surface area contributed by atoms with Crippen molar-refractivity contribution in [3.05, 3.63) is 62.1 Å². The van der Waals surface area contributed by atoms with E-state index >= 15 is 0 Å². The van der Waals surface area contributed by atoms with Crippen molar-refractivity contribution in [2.45, 2.75) is 0 Å². The zero-order chi connectivity index (χ0) is 17.0. The summed E-state index contributed by atoms with van der Waals surface area (Å²) in [7, 11) is 0. The van der Waals surface area contributed by atoms with Crippen LogP contribution >= 0.6 is 70.6 Å². The van der Waals surface area contributed by atoms with Gasteiger partial charge in [0.2, 0.25) is 0 Å². The van der Waals surface area contributed by atoms with Gasteiger partial charge in [-0.2, -0.15) is 0 Å². The van der Waals surface area contributed by atoms with E-state index in [1.807, 2.05) is 6.26 Å². The lowest BCUT2D eigenvalue weighted by atomic mass is 10.2. The van der Waals surface area contributed by atoms with Crippen LogP contribution in [0.25, 0.3) is 0 Å². The van der Waals surface area contributed by atoms with Crippen LogP contribution in [0.4, 0.5) is 5.69 Å². The summed E-state index contributed by atoms with van der Waals surface area (Å²) in [5, 5.41) is 4.95. The second-order valence-corrected chi connectivity index (χ2v) is 6.84. The van der Waals surface area contributed by atoms with Gasteiger partial charge in [-0.15, -0.1) is 12.4 Å². The molecular weight excluding hydrogens is 434 g/mol. The molecule has 2 rings (SSSR count). The molecule has 128 valence electrons. The van der Waals surface area contributed by atoms with Crippen LogP contribution in [-0.2, 0) is 0 Å². The Labute approximate surface area is 170 Å². The van der Waals surface area contributed by atoms with Crippen molar-refractivity contribution >= 4 is 87.3 Å². The standard InChI is InChI=1S/C15H10Cl4N2OS.ClH/c1-23-15(20-13-7-11(18)10(17)6-12(13)19)21-14(22)8-2-4-9(16)5-3-8;/h2-7H,1H3,(H,20,21,22);1H/p+1. The van der Waals surface area contributed by atoms with E-state index < -0.39 is 0 Å². The molecule has 0 radical (unpaired) electrons. The van der Waals surface area contributed by atoms with E-state index in [-0.39, 0.29) is 18.3 Å². The average Bonchev–Trinajstić information content (AvgIpc) is 2.52. The summed E-state index contributed by atoms with van der Waals surface area (Å²) < 4.78 is 0. The van der Waals surface area contributed by atoms with Crippen LogP contribution in [-0.4, -0.2) is 17.3 Å². The second-order valence-electron chi connectivity index (χ2n) is 4.37. The first-order valence-electron chi connectivity index (χ1n) is 6.30. The minimum atomic E-state index is -0.269. The van der Waals surface area contributed by atoms with Crippen LogP contribution in [0.1, 0.15) is 10.4 Å². The highest BCUT2D eigenvalue weighted by Crippen LogP contribution is 2.29. The van der Waals surface area contributed by atoms with Crippen LogP contribution in [0.2, 0.25) is 20.1 Å². The van der Waals surface area contributed by atoms with Gasteiger partial charge in [-0.3, -0.25) is 0 Å². The van der Waals surface area contributed by atoms with E-state index in [0.29, 0.717) is 36.5 Å². The molecule has 0 atom stereocenters. The zero-order valence-corrected chi connectivity index (χ0v) is 16.9. The first-order valence-corrected chi connectivity index (χ1v) is 9.04. The smallest absolute Gasteiger partial charge is 0.241 e. The molecule has 0 spiro atoms. The number of halogens is 5. The lowest BCUT2D eigenvalue weighted by Crippen LogP contribution is -2.69. The quantitative estimate of drug-likeness (QED) is 0.404. The molecule has 0 aliphatic heterocycles. The van der Waals surface area contributed by atoms with Crippen LogP contribution in [0.3, 0.4) is 0 Å². The van der Waals surface area contributed by atoms with E-state index in [0.717, 1.165) is 0 Å². The Hall–Kier alpha value is -0.620. The van der Waals surface area contributed by atoms with Gasteiger partial charge in [0.25, 0.3) is 0 Å². The molecule has 0 saturated heterocycles. The van der Waals surface area contributed by atoms with Gasteiger partial charge >= 0.3 is 11.1 Å². The highest BCUT2D eigenvalue weighted by atomic mass is 35.5. The third-order valence-corrected chi connectivity index (χ3v) is 4.69. The Balaban J connectivity index is 0.00000288. The molecule has 0 aromatic heterocycles. The molecule has 0 bridgehead atoms. The number of amides is 1. The first kappa shape index (κ1) is 21.4. The van der Waals surface area contributed by atoms with Gasteiger partial charge in [0.05, 0.1) is 20.6 Å².